The van der Waals surface area contributed by atoms with Gasteiger partial charge in [0.2, 0.25) is 6.29 Å². The van der Waals surface area contributed by atoms with E-state index in [1.165, 1.54) is 19.2 Å². The fourth-order valence-corrected chi connectivity index (χ4v) is 5.63. The lowest BCUT2D eigenvalue weighted by Gasteiger charge is -2.46. The molecule has 17 nitrogen and oxygen atoms in total. The number of aliphatic hydroxyl groups is 6. The first kappa shape index (κ1) is 40.9. The molecule has 0 aliphatic carbocycles. The van der Waals surface area contributed by atoms with Crippen LogP contribution in [0.5, 0.6) is 5.75 Å². The predicted octanol–water partition coefficient (Wildman–Crippen LogP) is -0.703. The number of hydrogen-bond acceptors (Lipinski definition) is 16. The van der Waals surface area contributed by atoms with Crippen LogP contribution in [0.3, 0.4) is 0 Å². The second kappa shape index (κ2) is 19.2. The standard InChI is InChI=1S/C35H47NO16/c1-18(2)13-25(39)51-30-23(15-37)50-34(29(43)26(30)40)52-31-24(16-38)49-33(28(42)27(31)41)48-21-11-9-19(10-12-21)14-22(32(44)46-3)36-35(45)47-17-20-7-5-4-6-8-20/h4-12,18,22-24,26-31,33-34,37-38,40-43H,13-17H2,1-3H3,(H,36,45)/t22-,23-,24-,26-,27-,28+,29+,30-,31-,33+,34-/m1/s1. The molecule has 2 aliphatic rings. The first-order valence-electron chi connectivity index (χ1n) is 16.8. The Balaban J connectivity index is 1.34. The highest BCUT2D eigenvalue weighted by Gasteiger charge is 2.52. The van der Waals surface area contributed by atoms with Gasteiger partial charge in [0.25, 0.3) is 0 Å². The zero-order valence-electron chi connectivity index (χ0n) is 28.9. The Labute approximate surface area is 299 Å². The van der Waals surface area contributed by atoms with Crippen LogP contribution in [0.2, 0.25) is 0 Å². The molecule has 2 saturated heterocycles. The number of alkyl carbamates (subject to hydrolysis) is 1. The van der Waals surface area contributed by atoms with Gasteiger partial charge in [0.15, 0.2) is 12.4 Å². The van der Waals surface area contributed by atoms with E-state index in [0.717, 1.165) is 5.56 Å². The number of methoxy groups -OCH3 is 1. The van der Waals surface area contributed by atoms with Gasteiger partial charge in [0.05, 0.1) is 20.3 Å². The zero-order valence-corrected chi connectivity index (χ0v) is 28.9. The maximum atomic E-state index is 12.4. The van der Waals surface area contributed by atoms with Crippen molar-refractivity contribution >= 4 is 18.0 Å². The third-order valence-corrected chi connectivity index (χ3v) is 8.38. The highest BCUT2D eigenvalue weighted by molar-refractivity contribution is 5.81. The predicted molar refractivity (Wildman–Crippen MR) is 176 cm³/mol. The van der Waals surface area contributed by atoms with E-state index in [4.69, 9.17) is 33.2 Å². The Morgan fingerprint density at radius 1 is 0.788 bits per heavy atom. The molecule has 0 bridgehead atoms. The van der Waals surface area contributed by atoms with E-state index in [1.807, 2.05) is 6.07 Å². The minimum absolute atomic E-state index is 0.00170. The summed E-state index contributed by atoms with van der Waals surface area (Å²) in [5.41, 5.74) is 1.35. The van der Waals surface area contributed by atoms with Gasteiger partial charge in [0.1, 0.15) is 61.1 Å². The van der Waals surface area contributed by atoms with Gasteiger partial charge < -0.3 is 69.1 Å². The van der Waals surface area contributed by atoms with Gasteiger partial charge in [-0.25, -0.2) is 9.59 Å². The second-order valence-corrected chi connectivity index (χ2v) is 12.8. The summed E-state index contributed by atoms with van der Waals surface area (Å²) < 4.78 is 38.0. The van der Waals surface area contributed by atoms with E-state index < -0.39 is 98.7 Å². The Morgan fingerprint density at radius 3 is 2.00 bits per heavy atom. The van der Waals surface area contributed by atoms with Crippen molar-refractivity contribution in [3.63, 3.8) is 0 Å². The van der Waals surface area contributed by atoms with Gasteiger partial charge in [-0.1, -0.05) is 56.3 Å². The number of aliphatic hydroxyl groups excluding tert-OH is 6. The number of ether oxygens (including phenoxy) is 7. The van der Waals surface area contributed by atoms with Crippen LogP contribution >= 0.6 is 0 Å². The summed E-state index contributed by atoms with van der Waals surface area (Å²) in [6.45, 7) is 2.10. The van der Waals surface area contributed by atoms with Crippen molar-refractivity contribution in [1.82, 2.24) is 5.32 Å². The number of hydrogen-bond donors (Lipinski definition) is 7. The fraction of sp³-hybridized carbons (Fsp3) is 0.571. The van der Waals surface area contributed by atoms with Crippen LogP contribution in [0.1, 0.15) is 31.4 Å². The molecule has 17 heteroatoms. The Kier molecular flexibility index (Phi) is 15.1. The quantitative estimate of drug-likeness (QED) is 0.0882. The molecule has 4 rings (SSSR count). The van der Waals surface area contributed by atoms with Crippen molar-refractivity contribution < 1.29 is 78.2 Å². The normalized spacial score (nSPS) is 29.5. The lowest BCUT2D eigenvalue weighted by molar-refractivity contribution is -0.353. The molecule has 0 aromatic heterocycles. The number of carbonyl (C=O) groups excluding carboxylic acids is 3. The van der Waals surface area contributed by atoms with Crippen molar-refractivity contribution in [2.45, 2.75) is 101 Å². The highest BCUT2D eigenvalue weighted by atomic mass is 16.7. The Bertz CT molecular complexity index is 1420. The number of nitrogens with one attached hydrogen (secondary N) is 1. The average molecular weight is 738 g/mol. The molecule has 2 aromatic carbocycles. The number of benzene rings is 2. The third-order valence-electron chi connectivity index (χ3n) is 8.38. The van der Waals surface area contributed by atoms with Crippen LogP contribution in [0.15, 0.2) is 54.6 Å². The molecule has 11 atom stereocenters. The minimum atomic E-state index is -1.83. The van der Waals surface area contributed by atoms with Gasteiger partial charge in [-0.2, -0.15) is 0 Å². The number of carbonyl (C=O) groups is 3. The van der Waals surface area contributed by atoms with E-state index >= 15 is 0 Å². The van der Waals surface area contributed by atoms with Crippen LogP contribution in [0, 0.1) is 5.92 Å². The molecule has 7 N–H and O–H groups in total. The Hall–Kier alpha value is -3.91. The van der Waals surface area contributed by atoms with Crippen molar-refractivity contribution in [2.24, 2.45) is 5.92 Å². The summed E-state index contributed by atoms with van der Waals surface area (Å²) in [6, 6.07) is 14.1. The van der Waals surface area contributed by atoms with Crippen molar-refractivity contribution in [3.05, 3.63) is 65.7 Å². The van der Waals surface area contributed by atoms with E-state index in [1.54, 1.807) is 50.2 Å². The number of rotatable bonds is 15. The van der Waals surface area contributed by atoms with Crippen molar-refractivity contribution in [3.8, 4) is 5.75 Å². The van der Waals surface area contributed by atoms with Crippen LogP contribution in [0.25, 0.3) is 0 Å². The van der Waals surface area contributed by atoms with Gasteiger partial charge in [0, 0.05) is 12.8 Å². The molecular formula is C35H47NO16. The number of esters is 2. The average Bonchev–Trinajstić information content (AvgIpc) is 3.13. The van der Waals surface area contributed by atoms with Gasteiger partial charge in [-0.15, -0.1) is 0 Å². The second-order valence-electron chi connectivity index (χ2n) is 12.8. The van der Waals surface area contributed by atoms with E-state index in [0.29, 0.717) is 5.56 Å². The third kappa shape index (κ3) is 10.8. The summed E-state index contributed by atoms with van der Waals surface area (Å²) in [7, 11) is 1.19. The van der Waals surface area contributed by atoms with Crippen molar-refractivity contribution in [1.29, 1.82) is 0 Å². The molecule has 1 amide bonds. The number of amides is 1. The summed E-state index contributed by atoms with van der Waals surface area (Å²) in [4.78, 5) is 37.0. The van der Waals surface area contributed by atoms with Crippen LogP contribution in [-0.4, -0.2) is 136 Å². The molecule has 2 aromatic rings. The molecule has 52 heavy (non-hydrogen) atoms. The molecule has 2 fully saturated rings. The van der Waals surface area contributed by atoms with E-state index in [2.05, 4.69) is 5.32 Å². The molecule has 2 heterocycles. The molecule has 0 unspecified atom stereocenters. The lowest BCUT2D eigenvalue weighted by Crippen LogP contribution is -2.65. The topological polar surface area (TPSA) is 249 Å². The SMILES string of the molecule is COC(=O)[C@@H](Cc1ccc(O[C@H]2O[C@H](CO)[C@@H](O[C@H]3O[C@H](CO)[C@@H](OC(=O)CC(C)C)[C@H](O)[C@@H]3O)[C@H](O)[C@@H]2O)cc1)NC(=O)OCc1ccccc1. The van der Waals surface area contributed by atoms with Crippen LogP contribution in [0.4, 0.5) is 4.79 Å². The summed E-state index contributed by atoms with van der Waals surface area (Å²) in [6.07, 6.45) is -16.7. The Morgan fingerprint density at radius 2 is 1.38 bits per heavy atom. The maximum absolute atomic E-state index is 12.4. The minimum Gasteiger partial charge on any atom is -0.467 e. The molecule has 2 aliphatic heterocycles. The molecule has 0 saturated carbocycles. The van der Waals surface area contributed by atoms with E-state index in [-0.39, 0.29) is 31.1 Å². The summed E-state index contributed by atoms with van der Waals surface area (Å²) in [5.74, 6) is -1.26. The molecule has 0 radical (unpaired) electrons. The van der Waals surface area contributed by atoms with Crippen LogP contribution < -0.4 is 10.1 Å². The van der Waals surface area contributed by atoms with Crippen LogP contribution in [-0.2, 0) is 51.0 Å². The van der Waals surface area contributed by atoms with Gasteiger partial charge >= 0.3 is 18.0 Å². The lowest BCUT2D eigenvalue weighted by atomic mass is 9.96. The van der Waals surface area contributed by atoms with Gasteiger partial charge in [-0.3, -0.25) is 4.79 Å². The van der Waals surface area contributed by atoms with E-state index in [9.17, 15) is 45.0 Å². The fourth-order valence-electron chi connectivity index (χ4n) is 5.63. The van der Waals surface area contributed by atoms with Crippen molar-refractivity contribution in [2.75, 3.05) is 20.3 Å². The van der Waals surface area contributed by atoms with Gasteiger partial charge in [-0.05, 0) is 29.2 Å². The molecule has 288 valence electrons. The smallest absolute Gasteiger partial charge is 0.408 e. The molecule has 0 spiro atoms. The monoisotopic (exact) mass is 737 g/mol. The highest BCUT2D eigenvalue weighted by Crippen LogP contribution is 2.31. The first-order chi connectivity index (χ1) is 24.8. The maximum Gasteiger partial charge on any atom is 0.408 e. The molecular weight excluding hydrogens is 690 g/mol. The zero-order chi connectivity index (χ0) is 37.9. The first-order valence-corrected chi connectivity index (χ1v) is 16.8. The largest absolute Gasteiger partial charge is 0.467 e. The summed E-state index contributed by atoms with van der Waals surface area (Å²) >= 11 is 0. The summed E-state index contributed by atoms with van der Waals surface area (Å²) in [5, 5.41) is 65.8.